The number of hydrogen-bond donors (Lipinski definition) is 1. The largest absolute Gasteiger partial charge is 0.352 e. The number of unbranched alkanes of at least 4 members (excludes halogenated alkanes) is 1. The molecule has 0 bridgehead atoms. The second kappa shape index (κ2) is 12.1. The van der Waals surface area contributed by atoms with E-state index in [1.165, 1.54) is 14.2 Å². The third kappa shape index (κ3) is 5.64. The lowest BCUT2D eigenvalue weighted by Crippen LogP contribution is -2.11. The highest BCUT2D eigenvalue weighted by molar-refractivity contribution is 5.80. The zero-order valence-corrected chi connectivity index (χ0v) is 22.3. The Kier molecular flexibility index (Phi) is 8.19. The van der Waals surface area contributed by atoms with Crippen molar-refractivity contribution in [3.05, 3.63) is 95.6 Å². The smallest absolute Gasteiger partial charge is 0.205 e. The Bertz CT molecular complexity index is 1510. The summed E-state index contributed by atoms with van der Waals surface area (Å²) in [6.07, 6.45) is 5.60. The topological polar surface area (TPSA) is 90.7 Å². The van der Waals surface area contributed by atoms with Crippen LogP contribution in [-0.2, 0) is 22.4 Å². The van der Waals surface area contributed by atoms with Crippen LogP contribution in [0.5, 0.6) is 0 Å². The maximum atomic E-state index is 15.4. The molecular formula is C30H31FN6O2. The molecule has 0 aliphatic rings. The number of imidazole rings is 1. The number of aryl methyl sites for hydroxylation is 1. The summed E-state index contributed by atoms with van der Waals surface area (Å²) in [5.41, 5.74) is 5.99. The Morgan fingerprint density at radius 3 is 2.41 bits per heavy atom. The number of H-pyrrole nitrogens is 1. The molecule has 0 unspecified atom stereocenters. The molecule has 5 aromatic rings. The third-order valence-corrected chi connectivity index (χ3v) is 6.76. The summed E-state index contributed by atoms with van der Waals surface area (Å²) in [7, 11) is 3.01. The number of nitrogens with zero attached hydrogens (tertiary/aromatic N) is 5. The van der Waals surface area contributed by atoms with Crippen molar-refractivity contribution >= 4 is 0 Å². The molecule has 200 valence electrons. The van der Waals surface area contributed by atoms with Gasteiger partial charge in [0.05, 0.1) is 5.56 Å². The highest BCUT2D eigenvalue weighted by Gasteiger charge is 2.24. The van der Waals surface area contributed by atoms with Crippen LogP contribution in [0.1, 0.15) is 42.7 Å². The Morgan fingerprint density at radius 1 is 0.949 bits per heavy atom. The molecular weight excluding hydrogens is 495 g/mol. The van der Waals surface area contributed by atoms with Gasteiger partial charge < -0.3 is 14.0 Å². The first-order valence-electron chi connectivity index (χ1n) is 12.9. The Morgan fingerprint density at radius 2 is 1.72 bits per heavy atom. The van der Waals surface area contributed by atoms with E-state index in [9.17, 15) is 0 Å². The molecule has 3 aromatic carbocycles. The fourth-order valence-corrected chi connectivity index (χ4v) is 4.83. The van der Waals surface area contributed by atoms with E-state index in [1.807, 2.05) is 41.1 Å². The highest BCUT2D eigenvalue weighted by Crippen LogP contribution is 2.34. The van der Waals surface area contributed by atoms with Gasteiger partial charge in [-0.3, -0.25) is 0 Å². The summed E-state index contributed by atoms with van der Waals surface area (Å²) in [5, 5.41) is 14.5. The Labute approximate surface area is 226 Å². The number of aromatic amines is 1. The molecule has 9 heteroatoms. The minimum Gasteiger partial charge on any atom is -0.352 e. The van der Waals surface area contributed by atoms with E-state index in [4.69, 9.17) is 9.47 Å². The van der Waals surface area contributed by atoms with E-state index < -0.39 is 6.29 Å². The SMILES string of the molecule is CCCCc1cc(F)c(C(OC)OC)c(-c2nccn2Cc2ccc(-c3ccccc3-c3nn[nH]n3)cc2)c1. The van der Waals surface area contributed by atoms with Gasteiger partial charge in [0.2, 0.25) is 5.82 Å². The monoisotopic (exact) mass is 526 g/mol. The van der Waals surface area contributed by atoms with Crippen molar-refractivity contribution in [2.75, 3.05) is 14.2 Å². The van der Waals surface area contributed by atoms with Crippen LogP contribution in [0.15, 0.2) is 73.1 Å². The summed E-state index contributed by atoms with van der Waals surface area (Å²) >= 11 is 0. The van der Waals surface area contributed by atoms with E-state index in [-0.39, 0.29) is 5.82 Å². The quantitative estimate of drug-likeness (QED) is 0.206. The first-order chi connectivity index (χ1) is 19.1. The Balaban J connectivity index is 1.47. The molecule has 0 aliphatic heterocycles. The zero-order valence-electron chi connectivity index (χ0n) is 22.3. The van der Waals surface area contributed by atoms with Gasteiger partial charge in [-0.1, -0.05) is 61.9 Å². The van der Waals surface area contributed by atoms with Crippen molar-refractivity contribution in [1.29, 1.82) is 0 Å². The predicted molar refractivity (Wildman–Crippen MR) is 147 cm³/mol. The van der Waals surface area contributed by atoms with Gasteiger partial charge in [0.1, 0.15) is 11.6 Å². The van der Waals surface area contributed by atoms with E-state index in [1.54, 1.807) is 12.3 Å². The van der Waals surface area contributed by atoms with Crippen LogP contribution in [-0.4, -0.2) is 44.4 Å². The second-order valence-electron chi connectivity index (χ2n) is 9.30. The number of rotatable bonds is 11. The molecule has 0 saturated carbocycles. The van der Waals surface area contributed by atoms with Crippen LogP contribution in [0.4, 0.5) is 4.39 Å². The summed E-state index contributed by atoms with van der Waals surface area (Å²) in [6, 6.07) is 19.9. The molecule has 0 aliphatic carbocycles. The van der Waals surface area contributed by atoms with Crippen molar-refractivity contribution in [2.24, 2.45) is 0 Å². The van der Waals surface area contributed by atoms with Gasteiger partial charge in [-0.2, -0.15) is 5.21 Å². The van der Waals surface area contributed by atoms with Crippen molar-refractivity contribution in [3.63, 3.8) is 0 Å². The molecule has 39 heavy (non-hydrogen) atoms. The number of halogens is 1. The lowest BCUT2D eigenvalue weighted by molar-refractivity contribution is -0.107. The highest BCUT2D eigenvalue weighted by atomic mass is 19.1. The van der Waals surface area contributed by atoms with Gasteiger partial charge >= 0.3 is 0 Å². The average molecular weight is 527 g/mol. The van der Waals surface area contributed by atoms with Crippen LogP contribution < -0.4 is 0 Å². The van der Waals surface area contributed by atoms with Gasteiger partial charge in [0.25, 0.3) is 0 Å². The van der Waals surface area contributed by atoms with E-state index >= 15 is 4.39 Å². The third-order valence-electron chi connectivity index (χ3n) is 6.76. The number of aromatic nitrogens is 6. The average Bonchev–Trinajstić information content (AvgIpc) is 3.67. The van der Waals surface area contributed by atoms with Crippen molar-refractivity contribution in [2.45, 2.75) is 39.0 Å². The fraction of sp³-hybridized carbons (Fsp3) is 0.267. The van der Waals surface area contributed by atoms with Gasteiger partial charge in [-0.25, -0.2) is 9.37 Å². The van der Waals surface area contributed by atoms with Gasteiger partial charge in [-0.05, 0) is 52.4 Å². The number of nitrogens with one attached hydrogen (secondary N) is 1. The molecule has 2 aromatic heterocycles. The fourth-order valence-electron chi connectivity index (χ4n) is 4.83. The van der Waals surface area contributed by atoms with Gasteiger partial charge in [-0.15, -0.1) is 10.2 Å². The number of benzene rings is 3. The molecule has 1 N–H and O–H groups in total. The molecule has 2 heterocycles. The van der Waals surface area contributed by atoms with Crippen molar-refractivity contribution < 1.29 is 13.9 Å². The zero-order chi connectivity index (χ0) is 27.2. The molecule has 0 fully saturated rings. The first-order valence-corrected chi connectivity index (χ1v) is 12.9. The number of methoxy groups -OCH3 is 2. The minimum absolute atomic E-state index is 0.348. The van der Waals surface area contributed by atoms with Crippen LogP contribution in [0.25, 0.3) is 33.9 Å². The summed E-state index contributed by atoms with van der Waals surface area (Å²) in [4.78, 5) is 4.62. The standard InChI is InChI=1S/C30H31FN6O2/c1-4-5-8-21-17-25(27(26(31)18-21)30(38-2)39-3)29-32-15-16-37(29)19-20-11-13-22(14-12-20)23-9-6-7-10-24(23)28-33-35-36-34-28/h6-7,9-18,30H,4-5,8,19H2,1-3H3,(H,33,34,35,36). The van der Waals surface area contributed by atoms with Gasteiger partial charge in [0, 0.05) is 44.3 Å². The maximum absolute atomic E-state index is 15.4. The van der Waals surface area contributed by atoms with E-state index in [0.29, 0.717) is 29.3 Å². The number of ether oxygens (including phenoxy) is 2. The van der Waals surface area contributed by atoms with E-state index in [0.717, 1.165) is 47.1 Å². The molecule has 5 rings (SSSR count). The van der Waals surface area contributed by atoms with Gasteiger partial charge in [0.15, 0.2) is 6.29 Å². The molecule has 0 saturated heterocycles. The minimum atomic E-state index is -0.844. The molecule has 8 nitrogen and oxygen atoms in total. The van der Waals surface area contributed by atoms with Crippen LogP contribution >= 0.6 is 0 Å². The van der Waals surface area contributed by atoms with E-state index in [2.05, 4.69) is 56.8 Å². The molecule has 0 spiro atoms. The van der Waals surface area contributed by atoms with Crippen molar-refractivity contribution in [1.82, 2.24) is 30.2 Å². The predicted octanol–water partition coefficient (Wildman–Crippen LogP) is 6.22. The normalized spacial score (nSPS) is 11.4. The summed E-state index contributed by atoms with van der Waals surface area (Å²) < 4.78 is 28.4. The lowest BCUT2D eigenvalue weighted by Gasteiger charge is -2.20. The Hall–Kier alpha value is -4.21. The number of hydrogen-bond acceptors (Lipinski definition) is 6. The molecule has 0 radical (unpaired) electrons. The van der Waals surface area contributed by atoms with Crippen molar-refractivity contribution in [3.8, 4) is 33.9 Å². The summed E-state index contributed by atoms with van der Waals surface area (Å²) in [6.45, 7) is 2.69. The lowest BCUT2D eigenvalue weighted by atomic mass is 9.98. The summed E-state index contributed by atoms with van der Waals surface area (Å²) in [5.74, 6) is 0.853. The van der Waals surface area contributed by atoms with Crippen LogP contribution in [0, 0.1) is 5.82 Å². The van der Waals surface area contributed by atoms with Crippen LogP contribution in [0.2, 0.25) is 0 Å². The second-order valence-corrected chi connectivity index (χ2v) is 9.30. The van der Waals surface area contributed by atoms with Crippen LogP contribution in [0.3, 0.4) is 0 Å². The number of tetrazole rings is 1. The molecule has 0 atom stereocenters. The first kappa shape index (κ1) is 26.4. The maximum Gasteiger partial charge on any atom is 0.205 e. The molecule has 0 amide bonds.